The molecule has 176 valence electrons. The third kappa shape index (κ3) is 6.25. The van der Waals surface area contributed by atoms with Gasteiger partial charge in [-0.3, -0.25) is 0 Å². The van der Waals surface area contributed by atoms with E-state index in [4.69, 9.17) is 25.8 Å². The second kappa shape index (κ2) is 10.8. The fourth-order valence-corrected chi connectivity index (χ4v) is 3.44. The number of rotatable bonds is 7. The number of halogens is 1. The van der Waals surface area contributed by atoms with E-state index in [0.29, 0.717) is 22.9 Å². The number of ether oxygens (including phenoxy) is 3. The first-order chi connectivity index (χ1) is 16.9. The Morgan fingerprint density at radius 2 is 1.80 bits per heavy atom. The standard InChI is InChI=1S/C28H22ClNO5/c1-3-33-25-17-20(16-23-28(32)35-27(30-23)21-6-4-5-18(2)15-21)9-13-24(25)34-26(31)14-10-19-7-11-22(29)12-8-19/h4-17H,3H2,1-2H3/b14-10+,23-16-. The van der Waals surface area contributed by atoms with Crippen LogP contribution in [0.3, 0.4) is 0 Å². The molecule has 4 rings (SSSR count). The fraction of sp³-hybridized carbons (Fsp3) is 0.107. The molecule has 0 radical (unpaired) electrons. The normalized spacial score (nSPS) is 14.2. The van der Waals surface area contributed by atoms with Gasteiger partial charge in [0.2, 0.25) is 5.90 Å². The van der Waals surface area contributed by atoms with E-state index in [1.54, 1.807) is 54.6 Å². The third-order valence-electron chi connectivity index (χ3n) is 4.95. The van der Waals surface area contributed by atoms with Crippen LogP contribution in [-0.2, 0) is 14.3 Å². The topological polar surface area (TPSA) is 74.2 Å². The maximum atomic E-state index is 12.4. The molecule has 0 aromatic heterocycles. The van der Waals surface area contributed by atoms with Crippen molar-refractivity contribution in [2.75, 3.05) is 6.61 Å². The summed E-state index contributed by atoms with van der Waals surface area (Å²) in [6.07, 6.45) is 4.55. The molecular formula is C28H22ClNO5. The molecule has 0 fully saturated rings. The van der Waals surface area contributed by atoms with Crippen LogP contribution in [0.15, 0.2) is 83.5 Å². The highest BCUT2D eigenvalue weighted by Gasteiger charge is 2.24. The predicted octanol–water partition coefficient (Wildman–Crippen LogP) is 6.01. The minimum atomic E-state index is -0.557. The fourth-order valence-electron chi connectivity index (χ4n) is 3.32. The van der Waals surface area contributed by atoms with E-state index in [1.165, 1.54) is 6.08 Å². The molecule has 1 aliphatic rings. The van der Waals surface area contributed by atoms with Gasteiger partial charge in [0.1, 0.15) is 0 Å². The molecule has 3 aromatic rings. The number of carbonyl (C=O) groups excluding carboxylic acids is 2. The Morgan fingerprint density at radius 3 is 2.54 bits per heavy atom. The number of hydrogen-bond acceptors (Lipinski definition) is 6. The Labute approximate surface area is 208 Å². The van der Waals surface area contributed by atoms with Crippen molar-refractivity contribution in [3.8, 4) is 11.5 Å². The van der Waals surface area contributed by atoms with Gasteiger partial charge in [0.25, 0.3) is 0 Å². The zero-order chi connectivity index (χ0) is 24.8. The molecule has 7 heteroatoms. The lowest BCUT2D eigenvalue weighted by Crippen LogP contribution is -2.06. The van der Waals surface area contributed by atoms with Gasteiger partial charge in [-0.1, -0.05) is 47.5 Å². The zero-order valence-corrected chi connectivity index (χ0v) is 19.9. The summed E-state index contributed by atoms with van der Waals surface area (Å²) in [5, 5.41) is 0.615. The van der Waals surface area contributed by atoms with Crippen molar-refractivity contribution < 1.29 is 23.8 Å². The van der Waals surface area contributed by atoms with Gasteiger partial charge in [-0.25, -0.2) is 14.6 Å². The highest BCUT2D eigenvalue weighted by atomic mass is 35.5. The second-order valence-corrected chi connectivity index (χ2v) is 8.09. The van der Waals surface area contributed by atoms with E-state index >= 15 is 0 Å². The van der Waals surface area contributed by atoms with Gasteiger partial charge in [-0.15, -0.1) is 0 Å². The van der Waals surface area contributed by atoms with Crippen LogP contribution in [0.25, 0.3) is 12.2 Å². The number of aliphatic imine (C=N–C) groups is 1. The van der Waals surface area contributed by atoms with Crippen molar-refractivity contribution in [3.05, 3.63) is 106 Å². The number of nitrogens with zero attached hydrogens (tertiary/aromatic N) is 1. The Hall–Kier alpha value is -4.16. The van der Waals surface area contributed by atoms with Crippen molar-refractivity contribution in [3.63, 3.8) is 0 Å². The summed E-state index contributed by atoms with van der Waals surface area (Å²) in [6.45, 7) is 4.14. The number of hydrogen-bond donors (Lipinski definition) is 0. The Kier molecular flexibility index (Phi) is 7.43. The second-order valence-electron chi connectivity index (χ2n) is 7.65. The molecule has 35 heavy (non-hydrogen) atoms. The van der Waals surface area contributed by atoms with Crippen LogP contribution in [0.1, 0.15) is 29.2 Å². The lowest BCUT2D eigenvalue weighted by molar-refractivity contribution is -0.130. The zero-order valence-electron chi connectivity index (χ0n) is 19.2. The molecule has 0 N–H and O–H groups in total. The summed E-state index contributed by atoms with van der Waals surface area (Å²) in [5.41, 5.74) is 3.39. The van der Waals surface area contributed by atoms with Crippen LogP contribution in [0, 0.1) is 6.92 Å². The number of aryl methyl sites for hydroxylation is 1. The van der Waals surface area contributed by atoms with Crippen molar-refractivity contribution in [2.24, 2.45) is 4.99 Å². The average molecular weight is 488 g/mol. The highest BCUT2D eigenvalue weighted by Crippen LogP contribution is 2.30. The van der Waals surface area contributed by atoms with E-state index in [2.05, 4.69) is 4.99 Å². The van der Waals surface area contributed by atoms with E-state index in [0.717, 1.165) is 16.7 Å². The molecule has 1 heterocycles. The molecule has 0 saturated carbocycles. The van der Waals surface area contributed by atoms with Crippen molar-refractivity contribution in [2.45, 2.75) is 13.8 Å². The average Bonchev–Trinajstić information content (AvgIpc) is 3.20. The summed E-state index contributed by atoms with van der Waals surface area (Å²) in [7, 11) is 0. The van der Waals surface area contributed by atoms with Gasteiger partial charge in [-0.05, 0) is 73.5 Å². The molecule has 0 bridgehead atoms. The van der Waals surface area contributed by atoms with E-state index in [1.807, 2.05) is 38.1 Å². The van der Waals surface area contributed by atoms with Gasteiger partial charge in [0.15, 0.2) is 17.2 Å². The summed E-state index contributed by atoms with van der Waals surface area (Å²) in [6, 6.07) is 19.6. The van der Waals surface area contributed by atoms with Crippen molar-refractivity contribution in [1.82, 2.24) is 0 Å². The van der Waals surface area contributed by atoms with Crippen LogP contribution in [0.2, 0.25) is 5.02 Å². The first-order valence-corrected chi connectivity index (χ1v) is 11.3. The van der Waals surface area contributed by atoms with Crippen LogP contribution >= 0.6 is 11.6 Å². The minimum absolute atomic E-state index is 0.166. The SMILES string of the molecule is CCOc1cc(/C=C2\N=C(c3cccc(C)c3)OC2=O)ccc1OC(=O)/C=C/c1ccc(Cl)cc1. The number of carbonyl (C=O) groups is 2. The summed E-state index contributed by atoms with van der Waals surface area (Å²) in [5.74, 6) is -0.212. The number of cyclic esters (lactones) is 1. The van der Waals surface area contributed by atoms with Gasteiger partial charge < -0.3 is 14.2 Å². The molecule has 0 aliphatic carbocycles. The van der Waals surface area contributed by atoms with Gasteiger partial charge in [-0.2, -0.15) is 0 Å². The Balaban J connectivity index is 1.53. The molecule has 0 spiro atoms. The molecule has 1 aliphatic heterocycles. The molecule has 3 aromatic carbocycles. The largest absolute Gasteiger partial charge is 0.490 e. The van der Waals surface area contributed by atoms with Gasteiger partial charge in [0.05, 0.1) is 6.61 Å². The molecule has 0 saturated heterocycles. The van der Waals surface area contributed by atoms with Gasteiger partial charge >= 0.3 is 11.9 Å². The Bertz CT molecular complexity index is 1360. The summed E-state index contributed by atoms with van der Waals surface area (Å²) < 4.78 is 16.4. The first-order valence-electron chi connectivity index (χ1n) is 10.9. The molecule has 0 unspecified atom stereocenters. The molecule has 0 atom stereocenters. The smallest absolute Gasteiger partial charge is 0.363 e. The van der Waals surface area contributed by atoms with Crippen molar-refractivity contribution >= 4 is 41.6 Å². The van der Waals surface area contributed by atoms with Crippen LogP contribution < -0.4 is 9.47 Å². The third-order valence-corrected chi connectivity index (χ3v) is 5.20. The molecular weight excluding hydrogens is 466 g/mol. The lowest BCUT2D eigenvalue weighted by atomic mass is 10.1. The quantitative estimate of drug-likeness (QED) is 0.232. The van der Waals surface area contributed by atoms with E-state index < -0.39 is 11.9 Å². The molecule has 0 amide bonds. The van der Waals surface area contributed by atoms with Gasteiger partial charge in [0, 0.05) is 16.7 Å². The number of benzene rings is 3. The Morgan fingerprint density at radius 1 is 1.03 bits per heavy atom. The summed E-state index contributed by atoms with van der Waals surface area (Å²) in [4.78, 5) is 29.0. The first kappa shape index (κ1) is 24.0. The van der Waals surface area contributed by atoms with Crippen LogP contribution in [-0.4, -0.2) is 24.4 Å². The monoisotopic (exact) mass is 487 g/mol. The lowest BCUT2D eigenvalue weighted by Gasteiger charge is -2.10. The van der Waals surface area contributed by atoms with Crippen molar-refractivity contribution in [1.29, 1.82) is 0 Å². The van der Waals surface area contributed by atoms with Crippen LogP contribution in [0.5, 0.6) is 11.5 Å². The van der Waals surface area contributed by atoms with E-state index in [-0.39, 0.29) is 17.3 Å². The highest BCUT2D eigenvalue weighted by molar-refractivity contribution is 6.30. The maximum absolute atomic E-state index is 12.4. The molecule has 6 nitrogen and oxygen atoms in total. The van der Waals surface area contributed by atoms with Crippen LogP contribution in [0.4, 0.5) is 0 Å². The van der Waals surface area contributed by atoms with E-state index in [9.17, 15) is 9.59 Å². The summed E-state index contributed by atoms with van der Waals surface area (Å²) >= 11 is 5.88. The predicted molar refractivity (Wildman–Crippen MR) is 136 cm³/mol. The number of esters is 2. The maximum Gasteiger partial charge on any atom is 0.363 e. The minimum Gasteiger partial charge on any atom is -0.490 e.